The minimum atomic E-state index is -0.546. The second kappa shape index (κ2) is 7.70. The summed E-state index contributed by atoms with van der Waals surface area (Å²) in [6.45, 7) is 3.53. The quantitative estimate of drug-likeness (QED) is 0.673. The molecule has 5 heteroatoms. The summed E-state index contributed by atoms with van der Waals surface area (Å²) in [6.07, 6.45) is 8.04. The summed E-state index contributed by atoms with van der Waals surface area (Å²) >= 11 is 6.01. The maximum atomic E-state index is 13.0. The highest BCUT2D eigenvalue weighted by molar-refractivity contribution is 6.30. The Morgan fingerprint density at radius 2 is 1.75 bits per heavy atom. The van der Waals surface area contributed by atoms with Gasteiger partial charge in [-0.05, 0) is 68.6 Å². The van der Waals surface area contributed by atoms with Crippen LogP contribution in [0, 0.1) is 16.7 Å². The second-order valence-electron chi connectivity index (χ2n) is 8.96. The number of carbonyl (C=O) groups is 2. The predicted octanol–water partition coefficient (Wildman–Crippen LogP) is 4.63. The molecule has 0 N–H and O–H groups in total. The molecule has 1 aromatic rings. The topological polar surface area (TPSA) is 46.6 Å². The Bertz CT molecular complexity index is 731. The van der Waals surface area contributed by atoms with Crippen molar-refractivity contribution in [2.75, 3.05) is 19.7 Å². The van der Waals surface area contributed by atoms with E-state index >= 15 is 0 Å². The van der Waals surface area contributed by atoms with Crippen LogP contribution in [-0.2, 0) is 20.7 Å². The van der Waals surface area contributed by atoms with Crippen molar-refractivity contribution < 1.29 is 14.3 Å². The van der Waals surface area contributed by atoms with Gasteiger partial charge in [-0.1, -0.05) is 36.6 Å². The summed E-state index contributed by atoms with van der Waals surface area (Å²) in [5.74, 6) is 0.433. The van der Waals surface area contributed by atoms with E-state index in [-0.39, 0.29) is 11.9 Å². The number of esters is 1. The van der Waals surface area contributed by atoms with Crippen LogP contribution in [-0.4, -0.2) is 36.5 Å². The first kappa shape index (κ1) is 19.8. The minimum Gasteiger partial charge on any atom is -0.466 e. The molecule has 1 heterocycles. The molecule has 1 saturated heterocycles. The van der Waals surface area contributed by atoms with E-state index in [0.29, 0.717) is 55.3 Å². The van der Waals surface area contributed by atoms with Gasteiger partial charge in [-0.2, -0.15) is 0 Å². The number of likely N-dealkylation sites (tertiary alicyclic amines) is 1. The van der Waals surface area contributed by atoms with Gasteiger partial charge in [0.2, 0.25) is 5.91 Å². The molecule has 0 unspecified atom stereocenters. The number of hydrogen-bond donors (Lipinski definition) is 0. The van der Waals surface area contributed by atoms with E-state index in [9.17, 15) is 9.59 Å². The first-order chi connectivity index (χ1) is 13.5. The number of hydrogen-bond acceptors (Lipinski definition) is 3. The van der Waals surface area contributed by atoms with E-state index in [1.807, 2.05) is 36.1 Å². The third kappa shape index (κ3) is 3.68. The molecular formula is C23H30ClNO3. The first-order valence-electron chi connectivity index (χ1n) is 10.7. The van der Waals surface area contributed by atoms with Crippen LogP contribution in [0.2, 0.25) is 5.02 Å². The number of ether oxygens (including phenoxy) is 1. The summed E-state index contributed by atoms with van der Waals surface area (Å²) < 4.78 is 5.44. The van der Waals surface area contributed by atoms with Gasteiger partial charge in [-0.3, -0.25) is 9.59 Å². The fourth-order valence-electron chi connectivity index (χ4n) is 5.43. The maximum absolute atomic E-state index is 13.0. The number of amides is 1. The Morgan fingerprint density at radius 1 is 1.11 bits per heavy atom. The Kier molecular flexibility index (Phi) is 5.43. The van der Waals surface area contributed by atoms with Crippen molar-refractivity contribution in [1.29, 1.82) is 0 Å². The van der Waals surface area contributed by atoms with Crippen molar-refractivity contribution >= 4 is 23.5 Å². The number of rotatable bonds is 5. The van der Waals surface area contributed by atoms with E-state index in [1.165, 1.54) is 25.7 Å². The lowest BCUT2D eigenvalue weighted by Crippen LogP contribution is -2.49. The molecule has 152 valence electrons. The third-order valence-corrected chi connectivity index (χ3v) is 7.54. The van der Waals surface area contributed by atoms with Crippen molar-refractivity contribution in [2.24, 2.45) is 16.7 Å². The van der Waals surface area contributed by atoms with Gasteiger partial charge in [0.25, 0.3) is 0 Å². The maximum Gasteiger partial charge on any atom is 0.312 e. The van der Waals surface area contributed by atoms with Crippen LogP contribution >= 0.6 is 11.6 Å². The third-order valence-electron chi connectivity index (χ3n) is 7.28. The van der Waals surface area contributed by atoms with Crippen LogP contribution < -0.4 is 0 Å². The zero-order chi connectivity index (χ0) is 19.8. The van der Waals surface area contributed by atoms with Gasteiger partial charge >= 0.3 is 5.97 Å². The zero-order valence-corrected chi connectivity index (χ0v) is 17.5. The monoisotopic (exact) mass is 403 g/mol. The largest absolute Gasteiger partial charge is 0.466 e. The number of nitrogens with zero attached hydrogens (tertiary/aromatic N) is 1. The van der Waals surface area contributed by atoms with Gasteiger partial charge in [-0.25, -0.2) is 0 Å². The van der Waals surface area contributed by atoms with Gasteiger partial charge in [0.05, 0.1) is 12.0 Å². The molecule has 4 rings (SSSR count). The van der Waals surface area contributed by atoms with Crippen LogP contribution in [0.5, 0.6) is 0 Å². The summed E-state index contributed by atoms with van der Waals surface area (Å²) in [5.41, 5.74) is 0.870. The molecule has 1 atom stereocenters. The number of halogens is 1. The molecule has 1 amide bonds. The Labute approximate surface area is 172 Å². The molecule has 0 aromatic heterocycles. The van der Waals surface area contributed by atoms with Gasteiger partial charge in [0.1, 0.15) is 0 Å². The number of carbonyl (C=O) groups excluding carboxylic acids is 2. The normalized spacial score (nSPS) is 24.9. The lowest BCUT2D eigenvalue weighted by atomic mass is 9.73. The van der Waals surface area contributed by atoms with Crippen LogP contribution in [0.4, 0.5) is 0 Å². The fourth-order valence-corrected chi connectivity index (χ4v) is 5.56. The van der Waals surface area contributed by atoms with Gasteiger partial charge in [-0.15, -0.1) is 0 Å². The second-order valence-corrected chi connectivity index (χ2v) is 9.39. The van der Waals surface area contributed by atoms with E-state index in [1.54, 1.807) is 0 Å². The summed E-state index contributed by atoms with van der Waals surface area (Å²) in [6, 6.07) is 7.69. The van der Waals surface area contributed by atoms with Crippen LogP contribution in [0.15, 0.2) is 24.3 Å². The van der Waals surface area contributed by atoms with Crippen molar-refractivity contribution in [1.82, 2.24) is 4.90 Å². The fraction of sp³-hybridized carbons (Fsp3) is 0.652. The molecule has 3 fully saturated rings. The molecule has 1 aromatic carbocycles. The number of benzene rings is 1. The standard InChI is InChI=1S/C23H30ClNO3/c1-2-28-21(27)23(15-17-5-7-18(24)8-6-17)11-13-25(14-12-23)20(26)19-16-22(19)9-3-4-10-22/h5-8,19H,2-4,9-16H2,1H3/t19-/m0/s1. The molecule has 0 bridgehead atoms. The first-order valence-corrected chi connectivity index (χ1v) is 11.1. The van der Waals surface area contributed by atoms with Crippen molar-refractivity contribution in [3.8, 4) is 0 Å². The molecule has 1 spiro atoms. The summed E-state index contributed by atoms with van der Waals surface area (Å²) in [7, 11) is 0. The summed E-state index contributed by atoms with van der Waals surface area (Å²) in [4.78, 5) is 27.9. The van der Waals surface area contributed by atoms with Gasteiger partial charge < -0.3 is 9.64 Å². The zero-order valence-electron chi connectivity index (χ0n) is 16.7. The van der Waals surface area contributed by atoms with E-state index < -0.39 is 5.41 Å². The Hall–Kier alpha value is -1.55. The van der Waals surface area contributed by atoms with Crippen LogP contribution in [0.3, 0.4) is 0 Å². The predicted molar refractivity (Wildman–Crippen MR) is 109 cm³/mol. The highest BCUT2D eigenvalue weighted by Gasteiger charge is 2.60. The van der Waals surface area contributed by atoms with Crippen LogP contribution in [0.1, 0.15) is 57.4 Å². The average Bonchev–Trinajstić information content (AvgIpc) is 3.20. The van der Waals surface area contributed by atoms with Gasteiger partial charge in [0.15, 0.2) is 0 Å². The van der Waals surface area contributed by atoms with E-state index in [4.69, 9.17) is 16.3 Å². The molecule has 1 aliphatic heterocycles. The lowest BCUT2D eigenvalue weighted by molar-refractivity contribution is -0.160. The Morgan fingerprint density at radius 3 is 2.36 bits per heavy atom. The SMILES string of the molecule is CCOC(=O)C1(Cc2ccc(Cl)cc2)CCN(C(=O)[C@@H]2CC23CCCC3)CC1. The van der Waals surface area contributed by atoms with Crippen LogP contribution in [0.25, 0.3) is 0 Å². The highest BCUT2D eigenvalue weighted by Crippen LogP contribution is 2.63. The Balaban J connectivity index is 1.43. The molecule has 28 heavy (non-hydrogen) atoms. The smallest absolute Gasteiger partial charge is 0.312 e. The van der Waals surface area contributed by atoms with E-state index in [2.05, 4.69) is 0 Å². The van der Waals surface area contributed by atoms with Crippen molar-refractivity contribution in [3.63, 3.8) is 0 Å². The average molecular weight is 404 g/mol. The lowest BCUT2D eigenvalue weighted by Gasteiger charge is -2.40. The van der Waals surface area contributed by atoms with E-state index in [0.717, 1.165) is 12.0 Å². The molecule has 4 nitrogen and oxygen atoms in total. The molecule has 3 aliphatic rings. The summed E-state index contributed by atoms with van der Waals surface area (Å²) in [5, 5.41) is 0.694. The van der Waals surface area contributed by atoms with Gasteiger partial charge in [0, 0.05) is 24.0 Å². The highest BCUT2D eigenvalue weighted by atomic mass is 35.5. The molecular weight excluding hydrogens is 374 g/mol. The van der Waals surface area contributed by atoms with Crippen molar-refractivity contribution in [2.45, 2.75) is 58.3 Å². The molecule has 2 saturated carbocycles. The molecule has 0 radical (unpaired) electrons. The number of piperidine rings is 1. The van der Waals surface area contributed by atoms with Crippen molar-refractivity contribution in [3.05, 3.63) is 34.9 Å². The molecule has 2 aliphatic carbocycles. The minimum absolute atomic E-state index is 0.129.